The standard InChI is InChI=1S/C7H12O2S2/c1-5(2)9-7-4-11-10-3-6(7)8/h6-8H,1,3-4H2,2H3/t6-,7-/m0/s1. The predicted octanol–water partition coefficient (Wildman–Crippen LogP) is 1.66. The van der Waals surface area contributed by atoms with Crippen LogP contribution in [0.5, 0.6) is 0 Å². The molecule has 1 N–H and O–H groups in total. The molecule has 1 heterocycles. The number of hydrogen-bond donors (Lipinski definition) is 1. The van der Waals surface area contributed by atoms with Crippen molar-refractivity contribution in [3.63, 3.8) is 0 Å². The summed E-state index contributed by atoms with van der Waals surface area (Å²) in [6.45, 7) is 5.44. The quantitative estimate of drug-likeness (QED) is 0.532. The summed E-state index contributed by atoms with van der Waals surface area (Å²) in [5.74, 6) is 2.28. The van der Waals surface area contributed by atoms with Crippen LogP contribution in [0.25, 0.3) is 0 Å². The second kappa shape index (κ2) is 4.28. The third-order valence-electron chi connectivity index (χ3n) is 1.34. The number of aliphatic hydroxyl groups is 1. The smallest absolute Gasteiger partial charge is 0.135 e. The lowest BCUT2D eigenvalue weighted by molar-refractivity contribution is 0.0241. The summed E-state index contributed by atoms with van der Waals surface area (Å²) in [5.41, 5.74) is 0. The summed E-state index contributed by atoms with van der Waals surface area (Å²) in [6.07, 6.45) is -0.392. The topological polar surface area (TPSA) is 29.5 Å². The average Bonchev–Trinajstić information content (AvgIpc) is 1.93. The third kappa shape index (κ3) is 2.97. The van der Waals surface area contributed by atoms with Crippen LogP contribution in [-0.4, -0.2) is 28.8 Å². The van der Waals surface area contributed by atoms with Crippen LogP contribution in [0.2, 0.25) is 0 Å². The van der Waals surface area contributed by atoms with Crippen LogP contribution >= 0.6 is 21.6 Å². The lowest BCUT2D eigenvalue weighted by atomic mass is 10.2. The van der Waals surface area contributed by atoms with Crippen molar-refractivity contribution in [2.75, 3.05) is 11.5 Å². The summed E-state index contributed by atoms with van der Waals surface area (Å²) in [6, 6.07) is 0. The first-order chi connectivity index (χ1) is 5.20. The van der Waals surface area contributed by atoms with Gasteiger partial charge < -0.3 is 9.84 Å². The van der Waals surface area contributed by atoms with Crippen molar-refractivity contribution in [2.45, 2.75) is 19.1 Å². The zero-order valence-corrected chi connectivity index (χ0v) is 8.08. The minimum absolute atomic E-state index is 0.0567. The Balaban J connectivity index is 2.35. The number of ether oxygens (including phenoxy) is 1. The normalized spacial score (nSPS) is 31.5. The highest BCUT2D eigenvalue weighted by Gasteiger charge is 2.25. The van der Waals surface area contributed by atoms with Crippen LogP contribution < -0.4 is 0 Å². The van der Waals surface area contributed by atoms with Gasteiger partial charge in [-0.25, -0.2) is 0 Å². The van der Waals surface area contributed by atoms with Crippen LogP contribution in [0.1, 0.15) is 6.92 Å². The molecular weight excluding hydrogens is 180 g/mol. The molecule has 0 amide bonds. The Labute approximate surface area is 74.8 Å². The van der Waals surface area contributed by atoms with Gasteiger partial charge in [0.2, 0.25) is 0 Å². The van der Waals surface area contributed by atoms with Crippen molar-refractivity contribution in [3.8, 4) is 0 Å². The Kier molecular flexibility index (Phi) is 3.62. The molecule has 0 aromatic carbocycles. The molecule has 0 aromatic heterocycles. The maximum absolute atomic E-state index is 9.42. The van der Waals surface area contributed by atoms with E-state index in [9.17, 15) is 5.11 Å². The van der Waals surface area contributed by atoms with Gasteiger partial charge in [-0.3, -0.25) is 0 Å². The molecular formula is C7H12O2S2. The van der Waals surface area contributed by atoms with Crippen LogP contribution in [-0.2, 0) is 4.74 Å². The Hall–Kier alpha value is 0.200. The van der Waals surface area contributed by atoms with Crippen molar-refractivity contribution in [1.29, 1.82) is 0 Å². The Bertz CT molecular complexity index is 149. The van der Waals surface area contributed by atoms with E-state index in [1.54, 1.807) is 28.5 Å². The van der Waals surface area contributed by atoms with Crippen molar-refractivity contribution in [2.24, 2.45) is 0 Å². The highest BCUT2D eigenvalue weighted by molar-refractivity contribution is 8.76. The third-order valence-corrected chi connectivity index (χ3v) is 3.76. The molecule has 0 unspecified atom stereocenters. The molecule has 0 radical (unpaired) electrons. The van der Waals surface area contributed by atoms with E-state index < -0.39 is 0 Å². The molecule has 4 heteroatoms. The lowest BCUT2D eigenvalue weighted by Crippen LogP contribution is -2.34. The molecule has 1 fully saturated rings. The van der Waals surface area contributed by atoms with Crippen LogP contribution in [0, 0.1) is 0 Å². The van der Waals surface area contributed by atoms with Crippen LogP contribution in [0.4, 0.5) is 0 Å². The molecule has 1 aliphatic rings. The van der Waals surface area contributed by atoms with Gasteiger partial charge in [0.1, 0.15) is 12.2 Å². The predicted molar refractivity (Wildman–Crippen MR) is 50.6 cm³/mol. The van der Waals surface area contributed by atoms with Gasteiger partial charge in [0.25, 0.3) is 0 Å². The van der Waals surface area contributed by atoms with E-state index in [4.69, 9.17) is 4.74 Å². The molecule has 11 heavy (non-hydrogen) atoms. The van der Waals surface area contributed by atoms with E-state index in [0.29, 0.717) is 5.76 Å². The molecule has 1 rings (SSSR count). The second-order valence-corrected chi connectivity index (χ2v) is 5.05. The zero-order valence-electron chi connectivity index (χ0n) is 6.45. The zero-order chi connectivity index (χ0) is 8.27. The fourth-order valence-electron chi connectivity index (χ4n) is 0.822. The first-order valence-corrected chi connectivity index (χ1v) is 5.93. The first-order valence-electron chi connectivity index (χ1n) is 3.45. The molecule has 0 aliphatic carbocycles. The van der Waals surface area contributed by atoms with Gasteiger partial charge in [0, 0.05) is 11.5 Å². The minimum Gasteiger partial charge on any atom is -0.492 e. The van der Waals surface area contributed by atoms with Gasteiger partial charge in [-0.15, -0.1) is 0 Å². The monoisotopic (exact) mass is 192 g/mol. The van der Waals surface area contributed by atoms with Gasteiger partial charge in [0.05, 0.1) is 5.76 Å². The molecule has 0 aromatic rings. The molecule has 0 bridgehead atoms. The van der Waals surface area contributed by atoms with E-state index in [-0.39, 0.29) is 12.2 Å². The Morgan fingerprint density at radius 1 is 1.55 bits per heavy atom. The van der Waals surface area contributed by atoms with Crippen molar-refractivity contribution in [1.82, 2.24) is 0 Å². The molecule has 1 aliphatic heterocycles. The van der Waals surface area contributed by atoms with E-state index in [1.807, 2.05) is 0 Å². The minimum atomic E-state index is -0.335. The van der Waals surface area contributed by atoms with Crippen LogP contribution in [0.15, 0.2) is 12.3 Å². The van der Waals surface area contributed by atoms with E-state index in [2.05, 4.69) is 6.58 Å². The highest BCUT2D eigenvalue weighted by atomic mass is 33.1. The van der Waals surface area contributed by atoms with Gasteiger partial charge in [0.15, 0.2) is 0 Å². The molecule has 0 saturated carbocycles. The molecule has 2 nitrogen and oxygen atoms in total. The van der Waals surface area contributed by atoms with Gasteiger partial charge in [-0.1, -0.05) is 28.2 Å². The maximum atomic E-state index is 9.42. The number of aliphatic hydroxyl groups excluding tert-OH is 1. The van der Waals surface area contributed by atoms with Crippen LogP contribution in [0.3, 0.4) is 0 Å². The van der Waals surface area contributed by atoms with Gasteiger partial charge in [-0.2, -0.15) is 0 Å². The second-order valence-electron chi connectivity index (χ2n) is 2.49. The highest BCUT2D eigenvalue weighted by Crippen LogP contribution is 2.31. The van der Waals surface area contributed by atoms with E-state index in [0.717, 1.165) is 11.5 Å². The SMILES string of the molecule is C=C(C)O[C@H]1CSSC[C@@H]1O. The first kappa shape index (κ1) is 9.29. The largest absolute Gasteiger partial charge is 0.492 e. The van der Waals surface area contributed by atoms with Crippen molar-refractivity contribution >= 4 is 21.6 Å². The van der Waals surface area contributed by atoms with Gasteiger partial charge >= 0.3 is 0 Å². The number of rotatable bonds is 2. The fraction of sp³-hybridized carbons (Fsp3) is 0.714. The van der Waals surface area contributed by atoms with Crippen molar-refractivity contribution < 1.29 is 9.84 Å². The van der Waals surface area contributed by atoms with E-state index >= 15 is 0 Å². The van der Waals surface area contributed by atoms with E-state index in [1.165, 1.54) is 0 Å². The summed E-state index contributed by atoms with van der Waals surface area (Å²) in [5, 5.41) is 9.42. The number of hydrogen-bond acceptors (Lipinski definition) is 4. The average molecular weight is 192 g/mol. The molecule has 2 atom stereocenters. The van der Waals surface area contributed by atoms with Crippen molar-refractivity contribution in [3.05, 3.63) is 12.3 Å². The lowest BCUT2D eigenvalue weighted by Gasteiger charge is -2.27. The summed E-state index contributed by atoms with van der Waals surface area (Å²) in [4.78, 5) is 0. The molecule has 0 spiro atoms. The van der Waals surface area contributed by atoms with Gasteiger partial charge in [-0.05, 0) is 6.92 Å². The number of allylic oxidation sites excluding steroid dienone is 1. The molecule has 64 valence electrons. The Morgan fingerprint density at radius 2 is 2.18 bits per heavy atom. The molecule has 1 saturated heterocycles. The summed E-state index contributed by atoms with van der Waals surface area (Å²) >= 11 is 0. The Morgan fingerprint density at radius 3 is 2.73 bits per heavy atom. The summed E-state index contributed by atoms with van der Waals surface area (Å²) < 4.78 is 5.32. The summed E-state index contributed by atoms with van der Waals surface area (Å²) in [7, 11) is 3.43. The maximum Gasteiger partial charge on any atom is 0.135 e. The fourth-order valence-corrected chi connectivity index (χ4v) is 3.19.